The molecule has 0 aliphatic rings. The molecule has 2 atom stereocenters. The highest BCUT2D eigenvalue weighted by atomic mass is 32.2. The minimum absolute atomic E-state index is 0.0483. The van der Waals surface area contributed by atoms with E-state index in [2.05, 4.69) is 10.0 Å². The van der Waals surface area contributed by atoms with E-state index < -0.39 is 34.5 Å². The van der Waals surface area contributed by atoms with E-state index >= 15 is 0 Å². The van der Waals surface area contributed by atoms with Crippen molar-refractivity contribution in [1.82, 2.24) is 10.0 Å². The molecule has 150 valence electrons. The van der Waals surface area contributed by atoms with Crippen LogP contribution in [0.2, 0.25) is 0 Å². The second-order valence-electron chi connectivity index (χ2n) is 6.46. The molecule has 28 heavy (non-hydrogen) atoms. The first-order valence-corrected chi connectivity index (χ1v) is 10.3. The average molecular weight is 404 g/mol. The molecule has 0 saturated carbocycles. The highest BCUT2D eigenvalue weighted by Crippen LogP contribution is 2.12. The van der Waals surface area contributed by atoms with Crippen molar-refractivity contribution in [1.29, 1.82) is 0 Å². The minimum Gasteiger partial charge on any atom is -0.454 e. The van der Waals surface area contributed by atoms with Crippen LogP contribution in [0.25, 0.3) is 0 Å². The van der Waals surface area contributed by atoms with Gasteiger partial charge in [-0.15, -0.1) is 0 Å². The standard InChI is InChI=1S/C20H24N2O5S/c1-14-9-11-18(12-10-14)28(25,26)22-16(3)20(24)27-13-19(23)21-15(2)17-7-5-4-6-8-17/h4-12,15-16,22H,13H2,1-3H3,(H,21,23)/t15-,16-/m0/s1. The van der Waals surface area contributed by atoms with Crippen molar-refractivity contribution < 1.29 is 22.7 Å². The summed E-state index contributed by atoms with van der Waals surface area (Å²) < 4.78 is 31.8. The molecule has 0 heterocycles. The molecule has 0 radical (unpaired) electrons. The van der Waals surface area contributed by atoms with Gasteiger partial charge in [-0.3, -0.25) is 9.59 Å². The molecule has 0 aliphatic carbocycles. The van der Waals surface area contributed by atoms with E-state index in [-0.39, 0.29) is 10.9 Å². The highest BCUT2D eigenvalue weighted by molar-refractivity contribution is 7.89. The molecule has 0 bridgehead atoms. The number of hydrogen-bond acceptors (Lipinski definition) is 5. The van der Waals surface area contributed by atoms with Crippen molar-refractivity contribution in [2.75, 3.05) is 6.61 Å². The molecule has 8 heteroatoms. The lowest BCUT2D eigenvalue weighted by Gasteiger charge is -2.16. The Balaban J connectivity index is 1.85. The van der Waals surface area contributed by atoms with E-state index in [9.17, 15) is 18.0 Å². The third-order valence-electron chi connectivity index (χ3n) is 4.04. The maximum Gasteiger partial charge on any atom is 0.324 e. The van der Waals surface area contributed by atoms with Gasteiger partial charge in [-0.1, -0.05) is 48.0 Å². The maximum atomic E-state index is 12.3. The van der Waals surface area contributed by atoms with Gasteiger partial charge in [-0.2, -0.15) is 4.72 Å². The van der Waals surface area contributed by atoms with Crippen molar-refractivity contribution in [3.05, 3.63) is 65.7 Å². The van der Waals surface area contributed by atoms with Gasteiger partial charge in [0.15, 0.2) is 6.61 Å². The summed E-state index contributed by atoms with van der Waals surface area (Å²) in [7, 11) is -3.87. The van der Waals surface area contributed by atoms with Gasteiger partial charge in [-0.25, -0.2) is 8.42 Å². The topological polar surface area (TPSA) is 102 Å². The molecule has 0 spiro atoms. The number of carbonyl (C=O) groups excluding carboxylic acids is 2. The molecule has 1 amide bonds. The molecule has 2 aromatic carbocycles. The number of esters is 1. The summed E-state index contributed by atoms with van der Waals surface area (Å²) in [4.78, 5) is 24.1. The van der Waals surface area contributed by atoms with E-state index in [0.29, 0.717) is 0 Å². The van der Waals surface area contributed by atoms with Crippen LogP contribution in [-0.2, 0) is 24.3 Å². The number of nitrogens with one attached hydrogen (secondary N) is 2. The largest absolute Gasteiger partial charge is 0.454 e. The second-order valence-corrected chi connectivity index (χ2v) is 8.18. The first kappa shape index (κ1) is 21.6. The molecule has 0 unspecified atom stereocenters. The second kappa shape index (κ2) is 9.48. The summed E-state index contributed by atoms with van der Waals surface area (Å²) >= 11 is 0. The molecule has 7 nitrogen and oxygen atoms in total. The zero-order chi connectivity index (χ0) is 20.7. The fourth-order valence-corrected chi connectivity index (χ4v) is 3.63. The molecule has 0 aliphatic heterocycles. The first-order chi connectivity index (χ1) is 13.2. The van der Waals surface area contributed by atoms with E-state index in [1.54, 1.807) is 12.1 Å². The number of amides is 1. The fourth-order valence-electron chi connectivity index (χ4n) is 2.44. The van der Waals surface area contributed by atoms with Crippen LogP contribution in [0.5, 0.6) is 0 Å². The molecule has 0 saturated heterocycles. The van der Waals surface area contributed by atoms with Gasteiger partial charge >= 0.3 is 5.97 Å². The Hall–Kier alpha value is -2.71. The lowest BCUT2D eigenvalue weighted by atomic mass is 10.1. The Kier molecular flexibility index (Phi) is 7.31. The van der Waals surface area contributed by atoms with Crippen LogP contribution in [0.15, 0.2) is 59.5 Å². The number of aryl methyl sites for hydroxylation is 1. The number of rotatable bonds is 8. The SMILES string of the molecule is Cc1ccc(S(=O)(=O)N[C@@H](C)C(=O)OCC(=O)N[C@@H](C)c2ccccc2)cc1. The molecule has 2 rings (SSSR count). The van der Waals surface area contributed by atoms with Crippen LogP contribution < -0.4 is 10.0 Å². The number of hydrogen-bond donors (Lipinski definition) is 2. The van der Waals surface area contributed by atoms with Crippen LogP contribution in [0.3, 0.4) is 0 Å². The predicted molar refractivity (Wildman–Crippen MR) is 105 cm³/mol. The minimum atomic E-state index is -3.87. The maximum absolute atomic E-state index is 12.3. The zero-order valence-corrected chi connectivity index (χ0v) is 16.8. The molecule has 2 aromatic rings. The Morgan fingerprint density at radius 1 is 1.00 bits per heavy atom. The third-order valence-corrected chi connectivity index (χ3v) is 5.60. The predicted octanol–water partition coefficient (Wildman–Crippen LogP) is 2.08. The first-order valence-electron chi connectivity index (χ1n) is 8.79. The van der Waals surface area contributed by atoms with Crippen molar-refractivity contribution in [3.63, 3.8) is 0 Å². The summed E-state index contributed by atoms with van der Waals surface area (Å²) in [6.07, 6.45) is 0. The van der Waals surface area contributed by atoms with Crippen molar-refractivity contribution >= 4 is 21.9 Å². The summed E-state index contributed by atoms with van der Waals surface area (Å²) in [5, 5.41) is 2.72. The quantitative estimate of drug-likeness (QED) is 0.656. The van der Waals surface area contributed by atoms with E-state index in [1.165, 1.54) is 19.1 Å². The smallest absolute Gasteiger partial charge is 0.324 e. The number of sulfonamides is 1. The average Bonchev–Trinajstić information content (AvgIpc) is 2.66. The summed E-state index contributed by atoms with van der Waals surface area (Å²) in [6.45, 7) is 4.52. The Bertz CT molecular complexity index is 911. The Morgan fingerprint density at radius 3 is 2.21 bits per heavy atom. The van der Waals surface area contributed by atoms with Gasteiger partial charge in [0.1, 0.15) is 6.04 Å². The third kappa shape index (κ3) is 6.17. The van der Waals surface area contributed by atoms with Gasteiger partial charge < -0.3 is 10.1 Å². The van der Waals surface area contributed by atoms with Gasteiger partial charge in [0.25, 0.3) is 5.91 Å². The summed E-state index contributed by atoms with van der Waals surface area (Å²) in [6, 6.07) is 14.2. The van der Waals surface area contributed by atoms with Gasteiger partial charge in [0.05, 0.1) is 10.9 Å². The van der Waals surface area contributed by atoms with Crippen LogP contribution >= 0.6 is 0 Å². The normalized spacial score (nSPS) is 13.4. The highest BCUT2D eigenvalue weighted by Gasteiger charge is 2.23. The van der Waals surface area contributed by atoms with Crippen LogP contribution in [0, 0.1) is 6.92 Å². The monoisotopic (exact) mass is 404 g/mol. The summed E-state index contributed by atoms with van der Waals surface area (Å²) in [5.74, 6) is -1.31. The molecule has 2 N–H and O–H groups in total. The molecule has 0 aromatic heterocycles. The molecular weight excluding hydrogens is 380 g/mol. The van der Waals surface area contributed by atoms with E-state index in [0.717, 1.165) is 11.1 Å². The van der Waals surface area contributed by atoms with E-state index in [1.807, 2.05) is 44.2 Å². The van der Waals surface area contributed by atoms with Gasteiger partial charge in [0.2, 0.25) is 10.0 Å². The Morgan fingerprint density at radius 2 is 1.61 bits per heavy atom. The molecule has 0 fully saturated rings. The van der Waals surface area contributed by atoms with Gasteiger partial charge in [0, 0.05) is 0 Å². The van der Waals surface area contributed by atoms with Crippen LogP contribution in [0.4, 0.5) is 0 Å². The molecular formula is C20H24N2O5S. The van der Waals surface area contributed by atoms with Crippen LogP contribution in [-0.4, -0.2) is 32.9 Å². The van der Waals surface area contributed by atoms with Crippen molar-refractivity contribution in [3.8, 4) is 0 Å². The van der Waals surface area contributed by atoms with E-state index in [4.69, 9.17) is 4.74 Å². The van der Waals surface area contributed by atoms with Gasteiger partial charge in [-0.05, 0) is 38.5 Å². The fraction of sp³-hybridized carbons (Fsp3) is 0.300. The number of carbonyl (C=O) groups is 2. The lowest BCUT2D eigenvalue weighted by Crippen LogP contribution is -2.41. The number of benzene rings is 2. The van der Waals surface area contributed by atoms with Crippen molar-refractivity contribution in [2.24, 2.45) is 0 Å². The van der Waals surface area contributed by atoms with Crippen molar-refractivity contribution in [2.45, 2.75) is 37.8 Å². The van der Waals surface area contributed by atoms with Crippen LogP contribution in [0.1, 0.15) is 31.0 Å². The lowest BCUT2D eigenvalue weighted by molar-refractivity contribution is -0.149. The number of ether oxygens (including phenoxy) is 1. The Labute approximate surface area is 165 Å². The summed E-state index contributed by atoms with van der Waals surface area (Å²) in [5.41, 5.74) is 1.84. The zero-order valence-electron chi connectivity index (χ0n) is 16.0.